The first-order valence-corrected chi connectivity index (χ1v) is 6.57. The fourth-order valence-electron chi connectivity index (χ4n) is 2.57. The molecule has 1 fully saturated rings. The van der Waals surface area contributed by atoms with Gasteiger partial charge in [-0.3, -0.25) is 0 Å². The SMILES string of the molecule is COC(=O)N1CCN(c2ncnc3[nH]cc(C)c23)CC1. The van der Waals surface area contributed by atoms with Crippen LogP contribution in [0.2, 0.25) is 0 Å². The van der Waals surface area contributed by atoms with Crippen molar-refractivity contribution in [2.24, 2.45) is 0 Å². The molecule has 1 saturated heterocycles. The van der Waals surface area contributed by atoms with Crippen LogP contribution in [0.3, 0.4) is 0 Å². The van der Waals surface area contributed by atoms with Gasteiger partial charge in [-0.2, -0.15) is 0 Å². The molecule has 3 heterocycles. The Morgan fingerprint density at radius 3 is 2.75 bits per heavy atom. The van der Waals surface area contributed by atoms with Crippen molar-refractivity contribution in [2.75, 3.05) is 38.2 Å². The second kappa shape index (κ2) is 4.99. The number of carbonyl (C=O) groups excluding carboxylic acids is 1. The molecule has 0 spiro atoms. The van der Waals surface area contributed by atoms with Gasteiger partial charge in [-0.05, 0) is 12.5 Å². The number of nitrogens with zero attached hydrogens (tertiary/aromatic N) is 4. The van der Waals surface area contributed by atoms with Crippen LogP contribution in [0.4, 0.5) is 10.6 Å². The number of aryl methyl sites for hydroxylation is 1. The molecule has 0 aliphatic carbocycles. The van der Waals surface area contributed by atoms with Gasteiger partial charge in [0.2, 0.25) is 0 Å². The van der Waals surface area contributed by atoms with E-state index in [4.69, 9.17) is 4.74 Å². The number of aromatic nitrogens is 3. The summed E-state index contributed by atoms with van der Waals surface area (Å²) < 4.78 is 4.75. The minimum Gasteiger partial charge on any atom is -0.453 e. The van der Waals surface area contributed by atoms with Crippen LogP contribution in [-0.4, -0.2) is 59.2 Å². The molecule has 0 saturated carbocycles. The molecule has 0 radical (unpaired) electrons. The predicted molar refractivity (Wildman–Crippen MR) is 74.8 cm³/mol. The third kappa shape index (κ3) is 2.04. The van der Waals surface area contributed by atoms with Crippen LogP contribution in [0.1, 0.15) is 5.56 Å². The first kappa shape index (κ1) is 12.7. The number of aromatic amines is 1. The topological polar surface area (TPSA) is 74.3 Å². The number of piperazine rings is 1. The van der Waals surface area contributed by atoms with Gasteiger partial charge >= 0.3 is 6.09 Å². The van der Waals surface area contributed by atoms with Crippen LogP contribution < -0.4 is 4.90 Å². The second-order valence-corrected chi connectivity index (χ2v) is 4.84. The summed E-state index contributed by atoms with van der Waals surface area (Å²) in [5.74, 6) is 0.929. The lowest BCUT2D eigenvalue weighted by Crippen LogP contribution is -2.49. The third-order valence-corrected chi connectivity index (χ3v) is 3.66. The summed E-state index contributed by atoms with van der Waals surface area (Å²) >= 11 is 0. The molecular formula is C13H17N5O2. The number of anilines is 1. The maximum Gasteiger partial charge on any atom is 0.409 e. The van der Waals surface area contributed by atoms with Crippen LogP contribution >= 0.6 is 0 Å². The average molecular weight is 275 g/mol. The summed E-state index contributed by atoms with van der Waals surface area (Å²) in [4.78, 5) is 27.2. The van der Waals surface area contributed by atoms with E-state index in [9.17, 15) is 4.79 Å². The molecule has 0 aromatic carbocycles. The van der Waals surface area contributed by atoms with Crippen LogP contribution in [0.15, 0.2) is 12.5 Å². The van der Waals surface area contributed by atoms with Gasteiger partial charge in [0.05, 0.1) is 12.5 Å². The molecule has 1 amide bonds. The van der Waals surface area contributed by atoms with Crippen molar-refractivity contribution in [1.82, 2.24) is 19.9 Å². The lowest BCUT2D eigenvalue weighted by molar-refractivity contribution is 0.121. The van der Waals surface area contributed by atoms with Gasteiger partial charge in [0, 0.05) is 32.4 Å². The zero-order valence-electron chi connectivity index (χ0n) is 11.6. The second-order valence-electron chi connectivity index (χ2n) is 4.84. The number of H-pyrrole nitrogens is 1. The maximum atomic E-state index is 11.5. The molecule has 106 valence electrons. The van der Waals surface area contributed by atoms with Crippen molar-refractivity contribution in [2.45, 2.75) is 6.92 Å². The van der Waals surface area contributed by atoms with E-state index < -0.39 is 0 Å². The molecule has 1 aliphatic heterocycles. The van der Waals surface area contributed by atoms with E-state index in [0.717, 1.165) is 35.5 Å². The number of nitrogens with one attached hydrogen (secondary N) is 1. The Morgan fingerprint density at radius 2 is 2.05 bits per heavy atom. The number of rotatable bonds is 1. The Kier molecular flexibility index (Phi) is 3.17. The summed E-state index contributed by atoms with van der Waals surface area (Å²) in [6.45, 7) is 4.80. The van der Waals surface area contributed by atoms with Crippen LogP contribution in [0, 0.1) is 6.92 Å². The maximum absolute atomic E-state index is 11.5. The normalized spacial score (nSPS) is 15.7. The van der Waals surface area contributed by atoms with Crippen molar-refractivity contribution in [1.29, 1.82) is 0 Å². The molecule has 0 unspecified atom stereocenters. The smallest absolute Gasteiger partial charge is 0.409 e. The van der Waals surface area contributed by atoms with E-state index in [1.807, 2.05) is 13.1 Å². The van der Waals surface area contributed by atoms with Crippen molar-refractivity contribution in [3.05, 3.63) is 18.1 Å². The summed E-state index contributed by atoms with van der Waals surface area (Å²) in [7, 11) is 1.41. The Morgan fingerprint density at radius 1 is 1.30 bits per heavy atom. The molecule has 20 heavy (non-hydrogen) atoms. The number of ether oxygens (including phenoxy) is 1. The minimum atomic E-state index is -0.268. The van der Waals surface area contributed by atoms with Crippen LogP contribution in [-0.2, 0) is 4.74 Å². The Labute approximate surface area is 116 Å². The van der Waals surface area contributed by atoms with E-state index in [-0.39, 0.29) is 6.09 Å². The standard InChI is InChI=1S/C13H17N5O2/c1-9-7-14-11-10(9)12(16-8-15-11)17-3-5-18(6-4-17)13(19)20-2/h7-8H,3-6H2,1-2H3,(H,14,15,16). The Bertz CT molecular complexity index is 631. The molecule has 7 heteroatoms. The van der Waals surface area contributed by atoms with Crippen molar-refractivity contribution >= 4 is 22.9 Å². The summed E-state index contributed by atoms with van der Waals surface area (Å²) in [5, 5.41) is 1.05. The highest BCUT2D eigenvalue weighted by atomic mass is 16.5. The zero-order valence-corrected chi connectivity index (χ0v) is 11.6. The van der Waals surface area contributed by atoms with Crippen molar-refractivity contribution in [3.8, 4) is 0 Å². The van der Waals surface area contributed by atoms with Crippen LogP contribution in [0.25, 0.3) is 11.0 Å². The first-order valence-electron chi connectivity index (χ1n) is 6.57. The van der Waals surface area contributed by atoms with Crippen LogP contribution in [0.5, 0.6) is 0 Å². The van der Waals surface area contributed by atoms with Gasteiger partial charge in [0.15, 0.2) is 0 Å². The quantitative estimate of drug-likeness (QED) is 0.845. The highest BCUT2D eigenvalue weighted by molar-refractivity contribution is 5.90. The number of carbonyl (C=O) groups is 1. The predicted octanol–water partition coefficient (Wildman–Crippen LogP) is 1.15. The van der Waals surface area contributed by atoms with E-state index in [2.05, 4.69) is 19.9 Å². The molecule has 1 aliphatic rings. The third-order valence-electron chi connectivity index (χ3n) is 3.66. The van der Waals surface area contributed by atoms with E-state index in [1.54, 1.807) is 11.2 Å². The van der Waals surface area contributed by atoms with Gasteiger partial charge in [-0.1, -0.05) is 0 Å². The molecule has 3 rings (SSSR count). The Balaban J connectivity index is 1.83. The first-order chi connectivity index (χ1) is 9.70. The lowest BCUT2D eigenvalue weighted by atomic mass is 10.2. The monoisotopic (exact) mass is 275 g/mol. The molecule has 2 aromatic rings. The molecule has 7 nitrogen and oxygen atoms in total. The molecule has 2 aromatic heterocycles. The fraction of sp³-hybridized carbons (Fsp3) is 0.462. The molecule has 1 N–H and O–H groups in total. The van der Waals surface area contributed by atoms with E-state index in [0.29, 0.717) is 13.1 Å². The number of hydrogen-bond acceptors (Lipinski definition) is 5. The van der Waals surface area contributed by atoms with E-state index in [1.165, 1.54) is 7.11 Å². The highest BCUT2D eigenvalue weighted by Gasteiger charge is 2.24. The summed E-state index contributed by atoms with van der Waals surface area (Å²) in [6.07, 6.45) is 3.24. The highest BCUT2D eigenvalue weighted by Crippen LogP contribution is 2.26. The average Bonchev–Trinajstić information content (AvgIpc) is 2.88. The van der Waals surface area contributed by atoms with E-state index >= 15 is 0 Å². The van der Waals surface area contributed by atoms with Gasteiger partial charge < -0.3 is 19.5 Å². The number of fused-ring (bicyclic) bond motifs is 1. The number of amides is 1. The summed E-state index contributed by atoms with van der Waals surface area (Å²) in [5.41, 5.74) is 1.98. The van der Waals surface area contributed by atoms with Crippen molar-refractivity contribution < 1.29 is 9.53 Å². The number of hydrogen-bond donors (Lipinski definition) is 1. The van der Waals surface area contributed by atoms with Gasteiger partial charge in [0.1, 0.15) is 17.8 Å². The fourth-order valence-corrected chi connectivity index (χ4v) is 2.57. The van der Waals surface area contributed by atoms with Crippen molar-refractivity contribution in [3.63, 3.8) is 0 Å². The minimum absolute atomic E-state index is 0.268. The van der Waals surface area contributed by atoms with Gasteiger partial charge in [0.25, 0.3) is 0 Å². The molecular weight excluding hydrogens is 258 g/mol. The summed E-state index contributed by atoms with van der Waals surface area (Å²) in [6, 6.07) is 0. The van der Waals surface area contributed by atoms with Gasteiger partial charge in [-0.25, -0.2) is 14.8 Å². The largest absolute Gasteiger partial charge is 0.453 e. The zero-order chi connectivity index (χ0) is 14.1. The Hall–Kier alpha value is -2.31. The molecule has 0 atom stereocenters. The lowest BCUT2D eigenvalue weighted by Gasteiger charge is -2.34. The van der Waals surface area contributed by atoms with Gasteiger partial charge in [-0.15, -0.1) is 0 Å². The molecule has 0 bridgehead atoms. The number of methoxy groups -OCH3 is 1.